The van der Waals surface area contributed by atoms with Crippen molar-refractivity contribution in [2.45, 2.75) is 20.3 Å². The molecule has 0 atom stereocenters. The first-order chi connectivity index (χ1) is 16.9. The number of carbonyl (C=O) groups is 3. The maximum absolute atomic E-state index is 13.2. The van der Waals surface area contributed by atoms with E-state index in [4.69, 9.17) is 5.10 Å². The second-order valence-electron chi connectivity index (χ2n) is 8.50. The SMILES string of the molecule is Cc1nn(-c2cccc3ccccc23)c(C)c1/C=C1\C(=O)NC(=O)N(CCc2ccccc2)C1=O. The van der Waals surface area contributed by atoms with E-state index < -0.39 is 17.8 Å². The van der Waals surface area contributed by atoms with E-state index in [1.54, 1.807) is 6.08 Å². The van der Waals surface area contributed by atoms with E-state index in [1.807, 2.05) is 91.3 Å². The molecule has 5 rings (SSSR count). The molecule has 0 spiro atoms. The molecule has 2 heterocycles. The summed E-state index contributed by atoms with van der Waals surface area (Å²) < 4.78 is 1.83. The summed E-state index contributed by atoms with van der Waals surface area (Å²) in [6.45, 7) is 3.91. The number of nitrogens with zero attached hydrogens (tertiary/aromatic N) is 3. The third-order valence-corrected chi connectivity index (χ3v) is 6.28. The van der Waals surface area contributed by atoms with Crippen LogP contribution in [0.15, 0.2) is 78.4 Å². The van der Waals surface area contributed by atoms with Crippen LogP contribution in [0.2, 0.25) is 0 Å². The molecule has 7 heteroatoms. The van der Waals surface area contributed by atoms with Crippen LogP contribution in [0.5, 0.6) is 0 Å². The maximum Gasteiger partial charge on any atom is 0.331 e. The van der Waals surface area contributed by atoms with Crippen molar-refractivity contribution in [2.75, 3.05) is 6.54 Å². The summed E-state index contributed by atoms with van der Waals surface area (Å²) in [5, 5.41) is 9.14. The number of rotatable bonds is 5. The van der Waals surface area contributed by atoms with Crippen LogP contribution < -0.4 is 5.32 Å². The Morgan fingerprint density at radius 2 is 1.60 bits per heavy atom. The fraction of sp³-hybridized carbons (Fsp3) is 0.143. The van der Waals surface area contributed by atoms with Gasteiger partial charge in [-0.1, -0.05) is 66.7 Å². The molecule has 1 saturated heterocycles. The number of fused-ring (bicyclic) bond motifs is 1. The molecule has 35 heavy (non-hydrogen) atoms. The molecule has 1 N–H and O–H groups in total. The number of aryl methyl sites for hydroxylation is 1. The van der Waals surface area contributed by atoms with Gasteiger partial charge in [0.2, 0.25) is 0 Å². The van der Waals surface area contributed by atoms with Gasteiger partial charge in [0.05, 0.1) is 11.4 Å². The Kier molecular flexibility index (Phi) is 5.74. The van der Waals surface area contributed by atoms with Crippen molar-refractivity contribution < 1.29 is 14.4 Å². The molecule has 174 valence electrons. The van der Waals surface area contributed by atoms with E-state index in [1.165, 1.54) is 0 Å². The lowest BCUT2D eigenvalue weighted by Gasteiger charge is -2.26. The molecule has 4 amide bonds. The minimum absolute atomic E-state index is 0.0821. The summed E-state index contributed by atoms with van der Waals surface area (Å²) in [6.07, 6.45) is 2.04. The molecule has 7 nitrogen and oxygen atoms in total. The summed E-state index contributed by atoms with van der Waals surface area (Å²) in [4.78, 5) is 39.3. The summed E-state index contributed by atoms with van der Waals surface area (Å²) >= 11 is 0. The Labute approximate surface area is 202 Å². The number of aromatic nitrogens is 2. The highest BCUT2D eigenvalue weighted by molar-refractivity contribution is 6.31. The zero-order valence-corrected chi connectivity index (χ0v) is 19.5. The highest BCUT2D eigenvalue weighted by Gasteiger charge is 2.35. The number of hydrogen-bond donors (Lipinski definition) is 1. The Balaban J connectivity index is 1.49. The van der Waals surface area contributed by atoms with Gasteiger partial charge in [0, 0.05) is 23.2 Å². The molecule has 0 saturated carbocycles. The lowest BCUT2D eigenvalue weighted by molar-refractivity contribution is -0.130. The van der Waals surface area contributed by atoms with Crippen molar-refractivity contribution in [3.63, 3.8) is 0 Å². The van der Waals surface area contributed by atoms with Gasteiger partial charge in [-0.05, 0) is 43.4 Å². The van der Waals surface area contributed by atoms with Gasteiger partial charge in [0.25, 0.3) is 11.8 Å². The highest BCUT2D eigenvalue weighted by atomic mass is 16.2. The number of carbonyl (C=O) groups excluding carboxylic acids is 3. The molecule has 0 radical (unpaired) electrons. The Morgan fingerprint density at radius 3 is 2.40 bits per heavy atom. The fourth-order valence-electron chi connectivity index (χ4n) is 4.42. The molecule has 3 aromatic carbocycles. The van der Waals surface area contributed by atoms with E-state index in [0.717, 1.165) is 32.6 Å². The first-order valence-electron chi connectivity index (χ1n) is 11.4. The summed E-state index contributed by atoms with van der Waals surface area (Å²) in [5.74, 6) is -1.31. The minimum Gasteiger partial charge on any atom is -0.273 e. The molecule has 0 unspecified atom stereocenters. The Morgan fingerprint density at radius 1 is 0.886 bits per heavy atom. The number of imide groups is 2. The van der Waals surface area contributed by atoms with Gasteiger partial charge in [-0.15, -0.1) is 0 Å². The lowest BCUT2D eigenvalue weighted by Crippen LogP contribution is -2.54. The zero-order chi connectivity index (χ0) is 24.5. The Bertz CT molecular complexity index is 1500. The number of barbiturate groups is 1. The molecule has 4 aromatic rings. The molecular weight excluding hydrogens is 440 g/mol. The van der Waals surface area contributed by atoms with Crippen LogP contribution in [0.25, 0.3) is 22.5 Å². The molecule has 1 aromatic heterocycles. The van der Waals surface area contributed by atoms with Crippen molar-refractivity contribution in [2.24, 2.45) is 0 Å². The van der Waals surface area contributed by atoms with E-state index in [9.17, 15) is 14.4 Å². The Hall–Kier alpha value is -4.52. The van der Waals surface area contributed by atoms with Gasteiger partial charge < -0.3 is 0 Å². The van der Waals surface area contributed by atoms with Crippen LogP contribution in [-0.4, -0.2) is 39.1 Å². The molecular formula is C28H24N4O3. The van der Waals surface area contributed by atoms with Crippen LogP contribution in [0.4, 0.5) is 4.79 Å². The quantitative estimate of drug-likeness (QED) is 0.352. The van der Waals surface area contributed by atoms with Gasteiger partial charge in [-0.25, -0.2) is 9.48 Å². The second kappa shape index (κ2) is 9.02. The minimum atomic E-state index is -0.701. The molecule has 1 aliphatic rings. The topological polar surface area (TPSA) is 84.3 Å². The number of benzene rings is 3. The summed E-state index contributed by atoms with van der Waals surface area (Å²) in [7, 11) is 0. The first-order valence-corrected chi connectivity index (χ1v) is 11.4. The van der Waals surface area contributed by atoms with Crippen LogP contribution >= 0.6 is 0 Å². The average molecular weight is 465 g/mol. The molecule has 1 fully saturated rings. The van der Waals surface area contributed by atoms with Crippen molar-refractivity contribution in [3.05, 3.63) is 101 Å². The predicted octanol–water partition coefficient (Wildman–Crippen LogP) is 4.35. The van der Waals surface area contributed by atoms with Gasteiger partial charge in [0.15, 0.2) is 0 Å². The zero-order valence-electron chi connectivity index (χ0n) is 19.5. The first kappa shape index (κ1) is 22.3. The van der Waals surface area contributed by atoms with E-state index in [-0.39, 0.29) is 12.1 Å². The third kappa shape index (κ3) is 4.12. The largest absolute Gasteiger partial charge is 0.331 e. The summed E-state index contributed by atoms with van der Waals surface area (Å²) in [6, 6.07) is 22.9. The van der Waals surface area contributed by atoms with E-state index in [0.29, 0.717) is 17.7 Å². The molecule has 0 aliphatic carbocycles. The van der Waals surface area contributed by atoms with Crippen molar-refractivity contribution >= 4 is 34.7 Å². The van der Waals surface area contributed by atoms with Gasteiger partial charge in [-0.2, -0.15) is 5.10 Å². The maximum atomic E-state index is 13.2. The number of hydrogen-bond acceptors (Lipinski definition) is 4. The van der Waals surface area contributed by atoms with E-state index in [2.05, 4.69) is 5.32 Å². The predicted molar refractivity (Wildman–Crippen MR) is 134 cm³/mol. The van der Waals surface area contributed by atoms with Crippen molar-refractivity contribution in [1.29, 1.82) is 0 Å². The standard InChI is InChI=1S/C28H24N4O3/c1-18-23(19(2)32(30-18)25-14-8-12-21-11-6-7-13-22(21)25)17-24-26(33)29-28(35)31(27(24)34)16-15-20-9-4-3-5-10-20/h3-14,17H,15-16H2,1-2H3,(H,29,33,35)/b24-17+. The lowest BCUT2D eigenvalue weighted by atomic mass is 10.0. The highest BCUT2D eigenvalue weighted by Crippen LogP contribution is 2.27. The molecule has 0 bridgehead atoms. The number of urea groups is 1. The van der Waals surface area contributed by atoms with Crippen LogP contribution in [0, 0.1) is 13.8 Å². The number of amides is 4. The third-order valence-electron chi connectivity index (χ3n) is 6.28. The van der Waals surface area contributed by atoms with Gasteiger partial charge >= 0.3 is 6.03 Å². The van der Waals surface area contributed by atoms with Gasteiger partial charge in [0.1, 0.15) is 5.57 Å². The van der Waals surface area contributed by atoms with Crippen molar-refractivity contribution in [3.8, 4) is 5.69 Å². The molecule has 1 aliphatic heterocycles. The van der Waals surface area contributed by atoms with Crippen molar-refractivity contribution in [1.82, 2.24) is 20.0 Å². The van der Waals surface area contributed by atoms with Crippen LogP contribution in [0.3, 0.4) is 0 Å². The number of nitrogens with one attached hydrogen (secondary N) is 1. The second-order valence-corrected chi connectivity index (χ2v) is 8.50. The van der Waals surface area contributed by atoms with Gasteiger partial charge in [-0.3, -0.25) is 19.8 Å². The monoisotopic (exact) mass is 464 g/mol. The van der Waals surface area contributed by atoms with Crippen LogP contribution in [-0.2, 0) is 16.0 Å². The summed E-state index contributed by atoms with van der Waals surface area (Å²) in [5.41, 5.74) is 3.97. The fourth-order valence-corrected chi connectivity index (χ4v) is 4.42. The smallest absolute Gasteiger partial charge is 0.273 e. The normalized spacial score (nSPS) is 15.2. The van der Waals surface area contributed by atoms with E-state index >= 15 is 0 Å². The average Bonchev–Trinajstić information content (AvgIpc) is 3.14. The van der Waals surface area contributed by atoms with Crippen LogP contribution in [0.1, 0.15) is 22.5 Å².